The number of hydrogen-bond acceptors (Lipinski definition) is 4. The van der Waals surface area contributed by atoms with Crippen LogP contribution in [0.25, 0.3) is 11.3 Å². The van der Waals surface area contributed by atoms with Crippen LogP contribution in [0.4, 0.5) is 14.6 Å². The Morgan fingerprint density at radius 2 is 1.96 bits per heavy atom. The van der Waals surface area contributed by atoms with Crippen molar-refractivity contribution in [2.45, 2.75) is 51.7 Å². The number of nitrogen functional groups attached to an aromatic ring is 1. The summed E-state index contributed by atoms with van der Waals surface area (Å²) >= 11 is 0. The van der Waals surface area contributed by atoms with Gasteiger partial charge in [0.25, 0.3) is 0 Å². The van der Waals surface area contributed by atoms with E-state index in [0.29, 0.717) is 11.5 Å². The molecule has 2 aromatic heterocycles. The van der Waals surface area contributed by atoms with Crippen molar-refractivity contribution in [2.24, 2.45) is 11.8 Å². The van der Waals surface area contributed by atoms with Gasteiger partial charge in [0.05, 0.1) is 5.69 Å². The molecule has 0 bridgehead atoms. The highest BCUT2D eigenvalue weighted by Crippen LogP contribution is 2.63. The molecule has 2 aromatic rings. The van der Waals surface area contributed by atoms with Crippen LogP contribution in [0.1, 0.15) is 50.8 Å². The van der Waals surface area contributed by atoms with Gasteiger partial charge in [0.2, 0.25) is 0 Å². The number of halogens is 2. The van der Waals surface area contributed by atoms with Gasteiger partial charge in [0, 0.05) is 29.4 Å². The number of anilines is 1. The van der Waals surface area contributed by atoms with Crippen LogP contribution >= 0.6 is 0 Å². The summed E-state index contributed by atoms with van der Waals surface area (Å²) in [5.74, 6) is 1.98. The first kappa shape index (κ1) is 16.3. The van der Waals surface area contributed by atoms with E-state index in [2.05, 4.69) is 34.3 Å². The van der Waals surface area contributed by atoms with Gasteiger partial charge < -0.3 is 10.5 Å². The molecule has 2 heterocycles. The molecule has 0 saturated heterocycles. The lowest BCUT2D eigenvalue weighted by atomic mass is 10.1. The number of nitrogens with two attached hydrogens (primary N) is 1. The average molecular weight is 348 g/mol. The lowest BCUT2D eigenvalue weighted by Crippen LogP contribution is -2.08. The van der Waals surface area contributed by atoms with Crippen molar-refractivity contribution in [2.75, 3.05) is 5.73 Å². The third kappa shape index (κ3) is 2.85. The Balaban J connectivity index is 1.69. The quantitative estimate of drug-likeness (QED) is 0.878. The van der Waals surface area contributed by atoms with E-state index in [1.54, 1.807) is 6.20 Å². The van der Waals surface area contributed by atoms with E-state index in [0.717, 1.165) is 17.5 Å². The number of aromatic nitrogens is 3. The van der Waals surface area contributed by atoms with Crippen molar-refractivity contribution in [1.82, 2.24) is 14.8 Å². The van der Waals surface area contributed by atoms with Crippen molar-refractivity contribution in [3.05, 3.63) is 24.0 Å². The lowest BCUT2D eigenvalue weighted by molar-refractivity contribution is -0.0494. The zero-order valence-electron chi connectivity index (χ0n) is 14.3. The van der Waals surface area contributed by atoms with E-state index in [9.17, 15) is 8.78 Å². The van der Waals surface area contributed by atoms with Crippen molar-refractivity contribution >= 4 is 5.82 Å². The van der Waals surface area contributed by atoms with Gasteiger partial charge in [-0.2, -0.15) is 13.9 Å². The predicted octanol–water partition coefficient (Wildman–Crippen LogP) is 4.22. The lowest BCUT2D eigenvalue weighted by Gasteiger charge is -2.12. The van der Waals surface area contributed by atoms with Gasteiger partial charge in [-0.3, -0.25) is 4.68 Å². The fourth-order valence-electron chi connectivity index (χ4n) is 4.26. The van der Waals surface area contributed by atoms with Gasteiger partial charge in [-0.25, -0.2) is 4.98 Å². The normalized spacial score (nSPS) is 24.8. The summed E-state index contributed by atoms with van der Waals surface area (Å²) < 4.78 is 31.6. The molecule has 0 aromatic carbocycles. The first-order chi connectivity index (χ1) is 12.0. The molecule has 0 radical (unpaired) electrons. The average Bonchev–Trinajstić information content (AvgIpc) is 2.94. The van der Waals surface area contributed by atoms with Crippen molar-refractivity contribution in [3.8, 4) is 17.0 Å². The van der Waals surface area contributed by atoms with E-state index >= 15 is 0 Å². The smallest absolute Gasteiger partial charge is 0.387 e. The molecule has 2 aliphatic carbocycles. The molecule has 7 heteroatoms. The number of fused-ring (bicyclic) bond motifs is 1. The molecule has 2 saturated carbocycles. The van der Waals surface area contributed by atoms with Gasteiger partial charge in [0.15, 0.2) is 11.6 Å². The molecule has 5 nitrogen and oxygen atoms in total. The van der Waals surface area contributed by atoms with E-state index in [1.807, 2.05) is 0 Å². The largest absolute Gasteiger partial charge is 0.431 e. The maximum absolute atomic E-state index is 12.5. The third-order valence-electron chi connectivity index (χ3n) is 5.40. The minimum Gasteiger partial charge on any atom is -0.431 e. The van der Waals surface area contributed by atoms with Crippen LogP contribution in [-0.2, 0) is 0 Å². The Labute approximate surface area is 145 Å². The molecular weight excluding hydrogens is 326 g/mol. The monoisotopic (exact) mass is 348 g/mol. The van der Waals surface area contributed by atoms with Crippen LogP contribution in [-0.4, -0.2) is 21.4 Å². The fraction of sp³-hybridized carbons (Fsp3) is 0.556. The van der Waals surface area contributed by atoms with Crippen LogP contribution in [0.15, 0.2) is 18.3 Å². The number of alkyl halides is 2. The SMILES string of the molecule is CC(C)n1nc(-c2cnc(N)c(OC(F)F)c2)cc1C1[C@H]2CCC[C@@H]12. The molecule has 3 atom stereocenters. The summed E-state index contributed by atoms with van der Waals surface area (Å²) in [6, 6.07) is 3.80. The Morgan fingerprint density at radius 1 is 1.24 bits per heavy atom. The molecule has 2 fully saturated rings. The number of nitrogens with zero attached hydrogens (tertiary/aromatic N) is 3. The molecule has 0 spiro atoms. The van der Waals surface area contributed by atoms with Gasteiger partial charge >= 0.3 is 6.61 Å². The zero-order chi connectivity index (χ0) is 17.7. The standard InChI is InChI=1S/C18H22F2N4O/c1-9(2)24-14(16-11-4-3-5-12(11)16)7-13(23-24)10-6-15(25-18(19)20)17(21)22-8-10/h6-9,11-12,16,18H,3-5H2,1-2H3,(H2,21,22)/t11-,12+,16?. The molecule has 2 N–H and O–H groups in total. The minimum atomic E-state index is -2.94. The van der Waals surface area contributed by atoms with Crippen LogP contribution < -0.4 is 10.5 Å². The fourth-order valence-corrected chi connectivity index (χ4v) is 4.26. The molecule has 2 aliphatic rings. The predicted molar refractivity (Wildman–Crippen MR) is 90.5 cm³/mol. The minimum absolute atomic E-state index is 0.0516. The van der Waals surface area contributed by atoms with Crippen molar-refractivity contribution < 1.29 is 13.5 Å². The van der Waals surface area contributed by atoms with Crippen LogP contribution in [0.3, 0.4) is 0 Å². The van der Waals surface area contributed by atoms with Gasteiger partial charge in [-0.1, -0.05) is 6.42 Å². The first-order valence-electron chi connectivity index (χ1n) is 8.76. The summed E-state index contributed by atoms with van der Waals surface area (Å²) in [5, 5.41) is 4.71. The number of pyridine rings is 1. The Morgan fingerprint density at radius 3 is 2.60 bits per heavy atom. The second-order valence-electron chi connectivity index (χ2n) is 7.26. The third-order valence-corrected chi connectivity index (χ3v) is 5.40. The highest BCUT2D eigenvalue weighted by Gasteiger charge is 2.54. The summed E-state index contributed by atoms with van der Waals surface area (Å²) in [7, 11) is 0. The summed E-state index contributed by atoms with van der Waals surface area (Å²) in [6.45, 7) is 1.27. The molecule has 25 heavy (non-hydrogen) atoms. The summed E-state index contributed by atoms with van der Waals surface area (Å²) in [5.41, 5.74) is 8.23. The molecule has 1 unspecified atom stereocenters. The highest BCUT2D eigenvalue weighted by atomic mass is 19.3. The number of rotatable bonds is 5. The Kier molecular flexibility index (Phi) is 3.89. The number of ether oxygens (including phenoxy) is 1. The van der Waals surface area contributed by atoms with E-state index in [1.165, 1.54) is 31.0 Å². The summed E-state index contributed by atoms with van der Waals surface area (Å²) in [4.78, 5) is 3.98. The Bertz CT molecular complexity index is 779. The highest BCUT2D eigenvalue weighted by molar-refractivity contribution is 5.64. The molecule has 0 amide bonds. The van der Waals surface area contributed by atoms with Gasteiger partial charge in [-0.15, -0.1) is 0 Å². The number of hydrogen-bond donors (Lipinski definition) is 1. The molecular formula is C18H22F2N4O. The van der Waals surface area contributed by atoms with E-state index in [4.69, 9.17) is 10.8 Å². The van der Waals surface area contributed by atoms with E-state index in [-0.39, 0.29) is 17.6 Å². The topological polar surface area (TPSA) is 66.0 Å². The van der Waals surface area contributed by atoms with Gasteiger partial charge in [0.1, 0.15) is 0 Å². The van der Waals surface area contributed by atoms with E-state index < -0.39 is 6.61 Å². The summed E-state index contributed by atoms with van der Waals surface area (Å²) in [6.07, 6.45) is 5.47. The van der Waals surface area contributed by atoms with Crippen molar-refractivity contribution in [3.63, 3.8) is 0 Å². The van der Waals surface area contributed by atoms with Crippen LogP contribution in [0, 0.1) is 11.8 Å². The molecule has 0 aliphatic heterocycles. The first-order valence-corrected chi connectivity index (χ1v) is 8.76. The maximum atomic E-state index is 12.5. The van der Waals surface area contributed by atoms with Crippen molar-refractivity contribution in [1.29, 1.82) is 0 Å². The zero-order valence-corrected chi connectivity index (χ0v) is 14.3. The molecule has 4 rings (SSSR count). The van der Waals surface area contributed by atoms with Crippen LogP contribution in [0.5, 0.6) is 5.75 Å². The van der Waals surface area contributed by atoms with Crippen LogP contribution in [0.2, 0.25) is 0 Å². The second kappa shape index (κ2) is 5.97. The van der Waals surface area contributed by atoms with Gasteiger partial charge in [-0.05, 0) is 50.7 Å². The molecule has 134 valence electrons. The maximum Gasteiger partial charge on any atom is 0.387 e. The second-order valence-corrected chi connectivity index (χ2v) is 7.26. The Hall–Kier alpha value is -2.18.